The highest BCUT2D eigenvalue weighted by atomic mass is 16.5. The lowest BCUT2D eigenvalue weighted by atomic mass is 9.97. The third-order valence-corrected chi connectivity index (χ3v) is 3.60. The zero-order chi connectivity index (χ0) is 14.1. The highest BCUT2D eigenvalue weighted by molar-refractivity contribution is 5.27. The lowest BCUT2D eigenvalue weighted by Crippen LogP contribution is -2.32. The van der Waals surface area contributed by atoms with E-state index < -0.39 is 0 Å². The molecule has 0 spiro atoms. The minimum atomic E-state index is 0.574. The van der Waals surface area contributed by atoms with Gasteiger partial charge in [0.25, 0.3) is 0 Å². The molecule has 0 fully saturated rings. The molecule has 0 aliphatic carbocycles. The van der Waals surface area contributed by atoms with Crippen molar-refractivity contribution in [3.63, 3.8) is 0 Å². The Balaban J connectivity index is 2.35. The van der Waals surface area contributed by atoms with Crippen LogP contribution in [0.5, 0.6) is 5.75 Å². The monoisotopic (exact) mass is 263 g/mol. The van der Waals surface area contributed by atoms with E-state index in [1.807, 2.05) is 12.1 Å². The van der Waals surface area contributed by atoms with E-state index >= 15 is 0 Å². The van der Waals surface area contributed by atoms with Crippen LogP contribution in [-0.2, 0) is 0 Å². The summed E-state index contributed by atoms with van der Waals surface area (Å²) in [5.41, 5.74) is 1.25. The van der Waals surface area contributed by atoms with Crippen molar-refractivity contribution in [1.82, 2.24) is 5.32 Å². The van der Waals surface area contributed by atoms with Crippen LogP contribution in [0.15, 0.2) is 24.3 Å². The van der Waals surface area contributed by atoms with Crippen molar-refractivity contribution in [1.29, 1.82) is 0 Å². The first-order valence-electron chi connectivity index (χ1n) is 7.58. The van der Waals surface area contributed by atoms with Crippen LogP contribution >= 0.6 is 0 Å². The van der Waals surface area contributed by atoms with E-state index in [1.165, 1.54) is 18.4 Å². The van der Waals surface area contributed by atoms with Crippen molar-refractivity contribution in [2.24, 2.45) is 5.92 Å². The molecule has 2 atom stereocenters. The van der Waals surface area contributed by atoms with Gasteiger partial charge in [0.05, 0.1) is 6.61 Å². The van der Waals surface area contributed by atoms with Crippen molar-refractivity contribution < 1.29 is 4.74 Å². The van der Waals surface area contributed by atoms with Gasteiger partial charge in [0.15, 0.2) is 0 Å². The number of benzene rings is 1. The molecule has 1 rings (SSSR count). The standard InChI is InChI=1S/C17H29NO/c1-5-14(3)12-16(18-6-2)10-11-19-17-9-7-8-15(4)13-17/h7-9,13-14,16,18H,5-6,10-12H2,1-4H3. The lowest BCUT2D eigenvalue weighted by Gasteiger charge is -2.21. The predicted octanol–water partition coefficient (Wildman–Crippen LogP) is 4.18. The van der Waals surface area contributed by atoms with E-state index in [0.717, 1.165) is 31.2 Å². The van der Waals surface area contributed by atoms with Gasteiger partial charge >= 0.3 is 0 Å². The van der Waals surface area contributed by atoms with Crippen molar-refractivity contribution >= 4 is 0 Å². The van der Waals surface area contributed by atoms with E-state index in [4.69, 9.17) is 4.74 Å². The summed E-state index contributed by atoms with van der Waals surface area (Å²) < 4.78 is 5.84. The molecule has 1 N–H and O–H groups in total. The minimum absolute atomic E-state index is 0.574. The second kappa shape index (κ2) is 8.98. The van der Waals surface area contributed by atoms with Gasteiger partial charge in [0.2, 0.25) is 0 Å². The maximum atomic E-state index is 5.84. The summed E-state index contributed by atoms with van der Waals surface area (Å²) in [6, 6.07) is 8.84. The minimum Gasteiger partial charge on any atom is -0.494 e. The Kier molecular flexibility index (Phi) is 7.57. The van der Waals surface area contributed by atoms with E-state index in [1.54, 1.807) is 0 Å². The number of nitrogens with one attached hydrogen (secondary N) is 1. The first kappa shape index (κ1) is 16.0. The highest BCUT2D eigenvalue weighted by Gasteiger charge is 2.11. The SMILES string of the molecule is CCNC(CCOc1cccc(C)c1)CC(C)CC. The largest absolute Gasteiger partial charge is 0.494 e. The summed E-state index contributed by atoms with van der Waals surface area (Å²) >= 11 is 0. The lowest BCUT2D eigenvalue weighted by molar-refractivity contribution is 0.270. The van der Waals surface area contributed by atoms with E-state index in [0.29, 0.717) is 6.04 Å². The van der Waals surface area contributed by atoms with Crippen LogP contribution in [0, 0.1) is 12.8 Å². The van der Waals surface area contributed by atoms with Crippen LogP contribution in [0.4, 0.5) is 0 Å². The molecule has 1 aromatic rings. The fourth-order valence-electron chi connectivity index (χ4n) is 2.27. The number of rotatable bonds is 9. The van der Waals surface area contributed by atoms with Crippen molar-refractivity contribution in [3.05, 3.63) is 29.8 Å². The van der Waals surface area contributed by atoms with Gasteiger partial charge < -0.3 is 10.1 Å². The molecule has 0 bridgehead atoms. The van der Waals surface area contributed by atoms with Crippen molar-refractivity contribution in [2.75, 3.05) is 13.2 Å². The average molecular weight is 263 g/mol. The zero-order valence-electron chi connectivity index (χ0n) is 12.9. The van der Waals surface area contributed by atoms with E-state index in [-0.39, 0.29) is 0 Å². The number of hydrogen-bond acceptors (Lipinski definition) is 2. The van der Waals surface area contributed by atoms with Crippen LogP contribution < -0.4 is 10.1 Å². The average Bonchev–Trinajstić information content (AvgIpc) is 2.39. The first-order chi connectivity index (χ1) is 9.15. The summed E-state index contributed by atoms with van der Waals surface area (Å²) in [5.74, 6) is 1.77. The Morgan fingerprint density at radius 2 is 2.05 bits per heavy atom. The molecule has 108 valence electrons. The number of aryl methyl sites for hydroxylation is 1. The highest BCUT2D eigenvalue weighted by Crippen LogP contribution is 2.15. The van der Waals surface area contributed by atoms with Crippen LogP contribution in [0.1, 0.15) is 45.6 Å². The molecule has 0 aliphatic heterocycles. The molecule has 1 aromatic carbocycles. The van der Waals surface area contributed by atoms with Crippen LogP contribution in [0.2, 0.25) is 0 Å². The van der Waals surface area contributed by atoms with Gasteiger partial charge in [0, 0.05) is 6.04 Å². The topological polar surface area (TPSA) is 21.3 Å². The van der Waals surface area contributed by atoms with Gasteiger partial charge in [-0.2, -0.15) is 0 Å². The second-order valence-electron chi connectivity index (χ2n) is 5.46. The Hall–Kier alpha value is -1.02. The van der Waals surface area contributed by atoms with Crippen LogP contribution in [-0.4, -0.2) is 19.2 Å². The molecule has 19 heavy (non-hydrogen) atoms. The maximum Gasteiger partial charge on any atom is 0.119 e. The Labute approximate surface area is 118 Å². The smallest absolute Gasteiger partial charge is 0.119 e. The molecule has 0 saturated heterocycles. The fourth-order valence-corrected chi connectivity index (χ4v) is 2.27. The fraction of sp³-hybridized carbons (Fsp3) is 0.647. The molecule has 2 heteroatoms. The Morgan fingerprint density at radius 3 is 2.68 bits per heavy atom. The summed E-state index contributed by atoms with van der Waals surface area (Å²) in [5, 5.41) is 3.57. The summed E-state index contributed by atoms with van der Waals surface area (Å²) in [6.07, 6.45) is 3.56. The number of ether oxygens (including phenoxy) is 1. The zero-order valence-corrected chi connectivity index (χ0v) is 12.9. The Morgan fingerprint density at radius 1 is 1.26 bits per heavy atom. The quantitative estimate of drug-likeness (QED) is 0.721. The third-order valence-electron chi connectivity index (χ3n) is 3.60. The molecular formula is C17H29NO. The molecule has 2 nitrogen and oxygen atoms in total. The predicted molar refractivity (Wildman–Crippen MR) is 82.8 cm³/mol. The summed E-state index contributed by atoms with van der Waals surface area (Å²) in [7, 11) is 0. The maximum absolute atomic E-state index is 5.84. The van der Waals surface area contributed by atoms with Gasteiger partial charge in [-0.1, -0.05) is 39.3 Å². The van der Waals surface area contributed by atoms with Gasteiger partial charge in [-0.15, -0.1) is 0 Å². The molecule has 0 aliphatic rings. The van der Waals surface area contributed by atoms with E-state index in [9.17, 15) is 0 Å². The molecule has 0 radical (unpaired) electrons. The molecule has 0 saturated carbocycles. The molecule has 0 amide bonds. The molecule has 0 heterocycles. The molecule has 0 aromatic heterocycles. The first-order valence-corrected chi connectivity index (χ1v) is 7.58. The van der Waals surface area contributed by atoms with Crippen molar-refractivity contribution in [2.45, 2.75) is 53.0 Å². The van der Waals surface area contributed by atoms with Gasteiger partial charge in [-0.3, -0.25) is 0 Å². The van der Waals surface area contributed by atoms with Gasteiger partial charge in [-0.25, -0.2) is 0 Å². The molecular weight excluding hydrogens is 234 g/mol. The second-order valence-corrected chi connectivity index (χ2v) is 5.46. The van der Waals surface area contributed by atoms with Crippen LogP contribution in [0.25, 0.3) is 0 Å². The summed E-state index contributed by atoms with van der Waals surface area (Å²) in [4.78, 5) is 0. The van der Waals surface area contributed by atoms with Gasteiger partial charge in [-0.05, 0) is 49.9 Å². The normalized spacial score (nSPS) is 14.1. The summed E-state index contributed by atoms with van der Waals surface area (Å²) in [6.45, 7) is 10.7. The van der Waals surface area contributed by atoms with Crippen LogP contribution in [0.3, 0.4) is 0 Å². The molecule has 2 unspecified atom stereocenters. The third kappa shape index (κ3) is 6.63. The Bertz CT molecular complexity index is 351. The van der Waals surface area contributed by atoms with E-state index in [2.05, 4.69) is 45.1 Å². The number of hydrogen-bond donors (Lipinski definition) is 1. The van der Waals surface area contributed by atoms with Gasteiger partial charge in [0.1, 0.15) is 5.75 Å². The van der Waals surface area contributed by atoms with Crippen molar-refractivity contribution in [3.8, 4) is 5.75 Å².